The predicted molar refractivity (Wildman–Crippen MR) is 284 cm³/mol. The average molecular weight is 1140 g/mol. The first-order valence-corrected chi connectivity index (χ1v) is 26.5. The summed E-state index contributed by atoms with van der Waals surface area (Å²) in [5, 5.41) is 59.5. The molecule has 1 aromatic rings. The van der Waals surface area contributed by atoms with Gasteiger partial charge >= 0.3 is 23.9 Å². The number of nitrogens with two attached hydrogens (primary N) is 2. The number of hydrogen-bond donors (Lipinski definition) is 16. The number of aromatic amines is 1. The molecule has 0 radical (unpaired) electrons. The third kappa shape index (κ3) is 25.4. The first-order valence-electron chi connectivity index (χ1n) is 26.5. The minimum atomic E-state index is -1.73. The van der Waals surface area contributed by atoms with Gasteiger partial charge in [0.25, 0.3) is 0 Å². The predicted octanol–water partition coefficient (Wildman–Crippen LogP) is -2.90. The lowest BCUT2D eigenvalue weighted by molar-refractivity contribution is -0.144. The monoisotopic (exact) mass is 1140 g/mol. The van der Waals surface area contributed by atoms with Crippen LogP contribution in [-0.2, 0) is 68.7 Å². The zero-order valence-electron chi connectivity index (χ0n) is 46.6. The van der Waals surface area contributed by atoms with Crippen LogP contribution in [0.2, 0.25) is 0 Å². The SMILES string of the molecule is CC[C@H](C)[C@H](NC(=O)[C@H](CC(=O)O)NC(=O)CNC(=O)[C@H](CCCCN)NC(=O)[C@@H](NC(=O)[C@H](Cc1cnc[nH]1)NC(=O)[C@@H](NC(=O)[C@@H](NC(=O)[C@H](CCC(=O)O)NC(=O)[C@@H](N)CCC(=O)O)[C@@H](C)CC)C(C)C)C(C)C)C(=O)O. The van der Waals surface area contributed by atoms with Gasteiger partial charge in [-0.1, -0.05) is 68.2 Å². The Kier molecular flexibility index (Phi) is 31.3. The van der Waals surface area contributed by atoms with Gasteiger partial charge in [-0.25, -0.2) is 9.78 Å². The molecule has 450 valence electrons. The van der Waals surface area contributed by atoms with Crippen LogP contribution in [0.3, 0.4) is 0 Å². The van der Waals surface area contributed by atoms with Crippen LogP contribution in [0.25, 0.3) is 0 Å². The molecular weight excluding hydrogens is 1050 g/mol. The maximum atomic E-state index is 14.3. The lowest BCUT2D eigenvalue weighted by Gasteiger charge is -2.31. The van der Waals surface area contributed by atoms with Crippen LogP contribution >= 0.6 is 0 Å². The summed E-state index contributed by atoms with van der Waals surface area (Å²) in [6.07, 6.45) is 1.11. The molecule has 0 saturated carbocycles. The van der Waals surface area contributed by atoms with E-state index in [-0.39, 0.29) is 25.8 Å². The number of unbranched alkanes of at least 4 members (excludes halogenated alkanes) is 1. The van der Waals surface area contributed by atoms with Crippen molar-refractivity contribution in [3.05, 3.63) is 18.2 Å². The second-order valence-electron chi connectivity index (χ2n) is 20.2. The summed E-state index contributed by atoms with van der Waals surface area (Å²) in [7, 11) is 0. The number of H-pyrrole nitrogens is 1. The van der Waals surface area contributed by atoms with Crippen LogP contribution in [0.15, 0.2) is 12.5 Å². The van der Waals surface area contributed by atoms with Crippen molar-refractivity contribution in [3.8, 4) is 0 Å². The molecule has 1 rings (SSSR count). The van der Waals surface area contributed by atoms with E-state index < -0.39 is 187 Å². The molecule has 0 spiro atoms. The highest BCUT2D eigenvalue weighted by molar-refractivity contribution is 5.98. The van der Waals surface area contributed by atoms with E-state index in [9.17, 15) is 77.6 Å². The molecule has 30 nitrogen and oxygen atoms in total. The summed E-state index contributed by atoms with van der Waals surface area (Å²) in [5.74, 6) is -16.3. The van der Waals surface area contributed by atoms with Crippen LogP contribution < -0.4 is 59.3 Å². The van der Waals surface area contributed by atoms with Crippen LogP contribution in [0.1, 0.15) is 125 Å². The Morgan fingerprint density at radius 3 is 1.49 bits per heavy atom. The van der Waals surface area contributed by atoms with Gasteiger partial charge in [-0.2, -0.15) is 0 Å². The maximum absolute atomic E-state index is 14.3. The Bertz CT molecular complexity index is 2280. The van der Waals surface area contributed by atoms with Crippen molar-refractivity contribution in [1.82, 2.24) is 57.8 Å². The van der Waals surface area contributed by atoms with Crippen molar-refractivity contribution >= 4 is 77.0 Å². The fourth-order valence-corrected chi connectivity index (χ4v) is 7.71. The molecule has 0 aliphatic heterocycles. The molecule has 30 heteroatoms. The number of carbonyl (C=O) groups is 13. The largest absolute Gasteiger partial charge is 0.481 e. The number of hydrogen-bond acceptors (Lipinski definition) is 16. The Morgan fingerprint density at radius 1 is 0.525 bits per heavy atom. The van der Waals surface area contributed by atoms with E-state index in [0.29, 0.717) is 31.4 Å². The van der Waals surface area contributed by atoms with Crippen molar-refractivity contribution in [2.24, 2.45) is 35.1 Å². The second-order valence-corrected chi connectivity index (χ2v) is 20.2. The van der Waals surface area contributed by atoms with E-state index in [1.54, 1.807) is 55.4 Å². The molecule has 1 aromatic heterocycles. The maximum Gasteiger partial charge on any atom is 0.326 e. The Morgan fingerprint density at radius 2 is 0.988 bits per heavy atom. The number of carboxylic acids is 4. The van der Waals surface area contributed by atoms with Gasteiger partial charge < -0.3 is 84.7 Å². The van der Waals surface area contributed by atoms with E-state index in [1.807, 2.05) is 0 Å². The number of nitrogens with zero attached hydrogens (tertiary/aromatic N) is 1. The minimum absolute atomic E-state index is 0.0134. The third-order valence-electron chi connectivity index (χ3n) is 13.0. The van der Waals surface area contributed by atoms with Crippen molar-refractivity contribution in [1.29, 1.82) is 0 Å². The summed E-state index contributed by atoms with van der Waals surface area (Å²) >= 11 is 0. The highest BCUT2D eigenvalue weighted by atomic mass is 16.4. The Balaban J connectivity index is 3.41. The fourth-order valence-electron chi connectivity index (χ4n) is 7.71. The van der Waals surface area contributed by atoms with Crippen LogP contribution in [0.5, 0.6) is 0 Å². The zero-order valence-corrected chi connectivity index (χ0v) is 46.6. The van der Waals surface area contributed by atoms with Crippen LogP contribution in [0.4, 0.5) is 0 Å². The van der Waals surface area contributed by atoms with E-state index in [0.717, 1.165) is 0 Å². The zero-order chi connectivity index (χ0) is 61.0. The quantitative estimate of drug-likeness (QED) is 0.0294. The van der Waals surface area contributed by atoms with Crippen LogP contribution in [0, 0.1) is 23.7 Å². The summed E-state index contributed by atoms with van der Waals surface area (Å²) in [5.41, 5.74) is 11.9. The molecule has 0 aliphatic carbocycles. The highest BCUT2D eigenvalue weighted by Crippen LogP contribution is 2.14. The fraction of sp³-hybridized carbons (Fsp3) is 0.680. The molecule has 11 atom stereocenters. The molecule has 80 heavy (non-hydrogen) atoms. The minimum Gasteiger partial charge on any atom is -0.481 e. The lowest BCUT2D eigenvalue weighted by Crippen LogP contribution is -2.62. The van der Waals surface area contributed by atoms with E-state index >= 15 is 0 Å². The summed E-state index contributed by atoms with van der Waals surface area (Å²) < 4.78 is 0. The van der Waals surface area contributed by atoms with Gasteiger partial charge in [0.2, 0.25) is 53.2 Å². The molecule has 0 bridgehead atoms. The van der Waals surface area contributed by atoms with Crippen molar-refractivity contribution in [2.75, 3.05) is 13.1 Å². The van der Waals surface area contributed by atoms with Gasteiger partial charge in [-0.3, -0.25) is 57.5 Å². The molecular formula is C50H83N13O17. The van der Waals surface area contributed by atoms with E-state index in [2.05, 4.69) is 57.8 Å². The topological polar surface area (TPSA) is 492 Å². The summed E-state index contributed by atoms with van der Waals surface area (Å²) in [6.45, 7) is 12.3. The molecule has 0 aromatic carbocycles. The van der Waals surface area contributed by atoms with Gasteiger partial charge in [0.05, 0.1) is 25.3 Å². The van der Waals surface area contributed by atoms with Gasteiger partial charge in [0, 0.05) is 31.2 Å². The number of imidazole rings is 1. The van der Waals surface area contributed by atoms with Gasteiger partial charge in [-0.15, -0.1) is 0 Å². The number of aromatic nitrogens is 2. The lowest BCUT2D eigenvalue weighted by atomic mass is 9.95. The normalized spacial score (nSPS) is 15.3. The van der Waals surface area contributed by atoms with E-state index in [1.165, 1.54) is 12.5 Å². The molecule has 0 unspecified atom stereocenters. The first kappa shape index (κ1) is 70.3. The molecule has 18 N–H and O–H groups in total. The van der Waals surface area contributed by atoms with Gasteiger partial charge in [0.15, 0.2) is 0 Å². The molecule has 1 heterocycles. The summed E-state index contributed by atoms with van der Waals surface area (Å²) in [4.78, 5) is 176. The van der Waals surface area contributed by atoms with Gasteiger partial charge in [0.1, 0.15) is 48.3 Å². The number of carboxylic acid groups (broad SMARTS) is 4. The second kappa shape index (κ2) is 35.7. The molecule has 9 amide bonds. The highest BCUT2D eigenvalue weighted by Gasteiger charge is 2.38. The number of rotatable bonds is 39. The summed E-state index contributed by atoms with van der Waals surface area (Å²) in [6, 6.07) is -12.9. The molecule has 0 saturated heterocycles. The number of aliphatic carboxylic acids is 4. The van der Waals surface area contributed by atoms with Gasteiger partial charge in [-0.05, 0) is 62.3 Å². The average Bonchev–Trinajstić information content (AvgIpc) is 3.91. The number of carbonyl (C=O) groups excluding carboxylic acids is 9. The number of nitrogens with one attached hydrogen (secondary N) is 10. The number of amides is 9. The molecule has 0 aliphatic rings. The smallest absolute Gasteiger partial charge is 0.326 e. The first-order chi connectivity index (χ1) is 37.5. The van der Waals surface area contributed by atoms with Crippen molar-refractivity contribution in [2.45, 2.75) is 180 Å². The Hall–Kier alpha value is -7.76. The van der Waals surface area contributed by atoms with E-state index in [4.69, 9.17) is 16.6 Å². The third-order valence-corrected chi connectivity index (χ3v) is 13.0. The Labute approximate surface area is 463 Å². The van der Waals surface area contributed by atoms with Crippen molar-refractivity contribution < 1.29 is 82.8 Å². The standard InChI is InChI=1S/C50H83N13O17/c1-9-26(7)40(62-44(73)31(15-17-36(67)68)57-42(71)29(52)14-16-35(65)66)49(78)61-39(25(5)6)48(77)59-32(19-28-21-53-23-55-28)45(74)60-38(24(3)4)47(76)58-30(13-11-12-18-51)43(72)54-22-34(64)56-33(20-37(69)70)46(75)63-41(50(79)80)27(8)10-2/h21,23-27,29-33,38-41H,9-20,22,51-52H2,1-8H3,(H,53,55)(H,54,72)(H,56,64)(H,57,71)(H,58,76)(H,59,77)(H,60,74)(H,61,78)(H,62,73)(H,63,75)(H,65,66)(H,67,68)(H,69,70)(H,79,80)/t26-,27-,29-,30-,31-,32-,33-,38-,39-,40-,41-/m0/s1. The molecule has 0 fully saturated rings. The van der Waals surface area contributed by atoms with Crippen molar-refractivity contribution in [3.63, 3.8) is 0 Å². The van der Waals surface area contributed by atoms with Crippen LogP contribution in [-0.4, -0.2) is 175 Å².